The van der Waals surface area contributed by atoms with Crippen LogP contribution in [-0.2, 0) is 22.8 Å². The predicted molar refractivity (Wildman–Crippen MR) is 186 cm³/mol. The first-order valence-corrected chi connectivity index (χ1v) is 20.8. The van der Waals surface area contributed by atoms with Gasteiger partial charge in [-0.1, -0.05) is 32.9 Å². The number of hydrogen-bond donors (Lipinski definition) is 4. The number of nitrogens with one attached hydrogen (secondary N) is 3. The van der Waals surface area contributed by atoms with Crippen LogP contribution in [-0.4, -0.2) is 59.1 Å². The number of carbonyl (C=O) groups excluding carboxylic acids is 2. The molecule has 0 unspecified atom stereocenters. The third kappa shape index (κ3) is 8.56. The molecule has 1 aromatic heterocycles. The highest BCUT2D eigenvalue weighted by atomic mass is 32.2. The van der Waals surface area contributed by atoms with Crippen LogP contribution in [0.15, 0.2) is 40.1 Å². The number of benzene rings is 1. The third-order valence-corrected chi connectivity index (χ3v) is 17.4. The Morgan fingerprint density at radius 1 is 1.11 bits per heavy atom. The van der Waals surface area contributed by atoms with Crippen molar-refractivity contribution in [2.45, 2.75) is 101 Å². The summed E-state index contributed by atoms with van der Waals surface area (Å²) < 4.78 is 14.6. The second-order valence-corrected chi connectivity index (χ2v) is 21.4. The molecule has 3 atom stereocenters. The van der Waals surface area contributed by atoms with Gasteiger partial charge in [0.1, 0.15) is 6.23 Å². The zero-order valence-electron chi connectivity index (χ0n) is 27.6. The van der Waals surface area contributed by atoms with Crippen LogP contribution in [0.2, 0.25) is 18.1 Å². The minimum atomic E-state index is -2.11. The van der Waals surface area contributed by atoms with Crippen molar-refractivity contribution in [1.82, 2.24) is 15.0 Å². The van der Waals surface area contributed by atoms with E-state index in [0.717, 1.165) is 23.5 Å². The molecule has 2 aliphatic rings. The van der Waals surface area contributed by atoms with Gasteiger partial charge in [0.25, 0.3) is 5.56 Å². The number of thioether (sulfide) groups is 2. The van der Waals surface area contributed by atoms with Crippen molar-refractivity contribution < 1.29 is 24.0 Å². The molecular weight excluding hydrogens is 645 g/mol. The van der Waals surface area contributed by atoms with Crippen LogP contribution in [0.5, 0.6) is 0 Å². The maximum Gasteiger partial charge on any atom is 0.330 e. The van der Waals surface area contributed by atoms with Gasteiger partial charge in [0.15, 0.2) is 8.32 Å². The number of unbranched alkanes of at least 4 members (excludes halogenated alkanes) is 1. The Bertz CT molecular complexity index is 1480. The summed E-state index contributed by atoms with van der Waals surface area (Å²) in [4.78, 5) is 51.3. The number of hydroxylamine groups is 1. The molecule has 0 radical (unpaired) electrons. The molecule has 2 aromatic rings. The summed E-state index contributed by atoms with van der Waals surface area (Å²) in [5, 5.41) is 11.6. The number of carbonyl (C=O) groups is 2. The predicted octanol–water partition coefficient (Wildman–Crippen LogP) is 5.50. The highest BCUT2D eigenvalue weighted by Gasteiger charge is 2.53. The van der Waals surface area contributed by atoms with Crippen molar-refractivity contribution in [1.29, 1.82) is 0 Å². The van der Waals surface area contributed by atoms with Crippen molar-refractivity contribution in [3.8, 4) is 0 Å². The summed E-state index contributed by atoms with van der Waals surface area (Å²) in [6.45, 7) is 13.2. The summed E-state index contributed by atoms with van der Waals surface area (Å²) in [7, 11) is -2.11. The molecule has 254 valence electrons. The second kappa shape index (κ2) is 15.2. The van der Waals surface area contributed by atoms with Crippen LogP contribution in [0.25, 0.3) is 0 Å². The Morgan fingerprint density at radius 2 is 1.74 bits per heavy atom. The van der Waals surface area contributed by atoms with Gasteiger partial charge in [-0.25, -0.2) is 10.3 Å². The molecule has 46 heavy (non-hydrogen) atoms. The van der Waals surface area contributed by atoms with Crippen LogP contribution in [0, 0.1) is 12.8 Å². The molecule has 2 amide bonds. The minimum Gasteiger partial charge on any atom is -0.414 e. The third-order valence-electron chi connectivity index (χ3n) is 9.27. The Hall–Kier alpha value is -2.36. The van der Waals surface area contributed by atoms with Gasteiger partial charge in [-0.3, -0.25) is 29.1 Å². The van der Waals surface area contributed by atoms with Crippen molar-refractivity contribution in [2.75, 3.05) is 23.4 Å². The number of aromatic nitrogens is 2. The molecule has 2 fully saturated rings. The Kier molecular flexibility index (Phi) is 12.1. The maximum absolute atomic E-state index is 12.9. The molecule has 14 heteroatoms. The van der Waals surface area contributed by atoms with Crippen LogP contribution >= 0.6 is 23.5 Å². The number of anilines is 1. The fourth-order valence-electron chi connectivity index (χ4n) is 5.54. The largest absolute Gasteiger partial charge is 0.414 e. The molecule has 2 saturated heterocycles. The topological polar surface area (TPSA) is 152 Å². The molecule has 4 rings (SSSR count). The van der Waals surface area contributed by atoms with Gasteiger partial charge >= 0.3 is 5.69 Å². The number of H-pyrrole nitrogens is 1. The van der Waals surface area contributed by atoms with Crippen molar-refractivity contribution >= 4 is 49.3 Å². The lowest BCUT2D eigenvalue weighted by Gasteiger charge is -2.44. The van der Waals surface area contributed by atoms with E-state index in [1.807, 2.05) is 35.7 Å². The zero-order valence-corrected chi connectivity index (χ0v) is 30.3. The standard InChI is InChI=1S/C32H48N4O7S2Si/c1-21-19-36(30(40)34-29(21)39)28-18-24(25(43-28)20-42-46(5,6)31(2,3)4)32(44-16-9-17-45-32)22-12-14-23(15-13-22)33-26(37)10-7-8-11-27(38)35-41/h12-15,19,24-25,28,41H,7-11,16-18,20H2,1-6H3,(H,33,37)(H,35,38)(H,34,39,40)/t24-,25+,28+/m0/s1. The SMILES string of the molecule is Cc1cn([C@H]2C[C@H](C3(c4ccc(NC(=O)CCCCC(=O)NO)cc4)SCCCS3)[C@@H](CO[Si](C)(C)C(C)(C)C)O2)c(=O)[nH]c1=O. The number of aromatic amines is 1. The van der Waals surface area contributed by atoms with Crippen molar-refractivity contribution in [3.05, 3.63) is 62.4 Å². The van der Waals surface area contributed by atoms with Crippen LogP contribution in [0.1, 0.15) is 76.7 Å². The van der Waals surface area contributed by atoms with Gasteiger partial charge in [0.05, 0.1) is 16.8 Å². The van der Waals surface area contributed by atoms with Gasteiger partial charge in [0.2, 0.25) is 11.8 Å². The summed E-state index contributed by atoms with van der Waals surface area (Å²) in [6.07, 6.45) is 3.89. The summed E-state index contributed by atoms with van der Waals surface area (Å²) in [5.74, 6) is 1.36. The van der Waals surface area contributed by atoms with Gasteiger partial charge in [0, 0.05) is 42.6 Å². The first kappa shape index (κ1) is 36.5. The van der Waals surface area contributed by atoms with Gasteiger partial charge < -0.3 is 14.5 Å². The average molecular weight is 693 g/mol. The minimum absolute atomic E-state index is 0.00624. The Labute approximate surface area is 280 Å². The molecule has 2 aliphatic heterocycles. The molecule has 0 bridgehead atoms. The van der Waals surface area contributed by atoms with Gasteiger partial charge in [-0.2, -0.15) is 0 Å². The average Bonchev–Trinajstić information content (AvgIpc) is 3.45. The number of rotatable bonds is 12. The highest BCUT2D eigenvalue weighted by Crippen LogP contribution is 2.60. The maximum atomic E-state index is 12.9. The molecule has 0 aliphatic carbocycles. The number of amides is 2. The van der Waals surface area contributed by atoms with E-state index >= 15 is 0 Å². The molecule has 3 heterocycles. The highest BCUT2D eigenvalue weighted by molar-refractivity contribution is 8.18. The van der Waals surface area contributed by atoms with Crippen LogP contribution in [0.3, 0.4) is 0 Å². The van der Waals surface area contributed by atoms with E-state index in [0.29, 0.717) is 37.1 Å². The number of aryl methyl sites for hydroxylation is 1. The van der Waals surface area contributed by atoms with Crippen molar-refractivity contribution in [2.24, 2.45) is 5.92 Å². The van der Waals surface area contributed by atoms with Crippen molar-refractivity contribution in [3.63, 3.8) is 0 Å². The first-order chi connectivity index (χ1) is 21.7. The lowest BCUT2D eigenvalue weighted by molar-refractivity contribution is -0.129. The van der Waals surface area contributed by atoms with E-state index in [9.17, 15) is 19.2 Å². The normalized spacial score (nSPS) is 21.6. The summed E-state index contributed by atoms with van der Waals surface area (Å²) in [6, 6.07) is 7.99. The second-order valence-electron chi connectivity index (χ2n) is 13.6. The lowest BCUT2D eigenvalue weighted by Crippen LogP contribution is -2.45. The van der Waals surface area contributed by atoms with E-state index in [2.05, 4.69) is 56.3 Å². The molecule has 0 spiro atoms. The summed E-state index contributed by atoms with van der Waals surface area (Å²) >= 11 is 3.81. The van der Waals surface area contributed by atoms with Crippen LogP contribution < -0.4 is 22.0 Å². The molecular formula is C32H48N4O7S2Si. The molecule has 11 nitrogen and oxygen atoms in total. The Morgan fingerprint density at radius 3 is 2.35 bits per heavy atom. The van der Waals surface area contributed by atoms with Gasteiger partial charge in [-0.05, 0) is 73.5 Å². The van der Waals surface area contributed by atoms with E-state index in [4.69, 9.17) is 14.4 Å². The zero-order chi connectivity index (χ0) is 33.7. The van der Waals surface area contributed by atoms with Gasteiger partial charge in [-0.15, -0.1) is 23.5 Å². The van der Waals surface area contributed by atoms with E-state index in [1.54, 1.807) is 18.6 Å². The number of ether oxygens (including phenoxy) is 1. The fourth-order valence-corrected chi connectivity index (χ4v) is 10.3. The molecule has 1 aromatic carbocycles. The number of nitrogens with zero attached hydrogens (tertiary/aromatic N) is 1. The molecule has 0 saturated carbocycles. The van der Waals surface area contributed by atoms with E-state index < -0.39 is 31.7 Å². The monoisotopic (exact) mass is 692 g/mol. The Balaban J connectivity index is 1.60. The van der Waals surface area contributed by atoms with E-state index in [-0.39, 0.29) is 39.9 Å². The smallest absolute Gasteiger partial charge is 0.330 e. The number of hydrogen-bond acceptors (Lipinski definition) is 9. The lowest BCUT2D eigenvalue weighted by atomic mass is 9.91. The fraction of sp³-hybridized carbons (Fsp3) is 0.625. The van der Waals surface area contributed by atoms with E-state index in [1.165, 1.54) is 4.57 Å². The first-order valence-electron chi connectivity index (χ1n) is 15.9. The summed E-state index contributed by atoms with van der Waals surface area (Å²) in [5.41, 5.74) is 2.98. The van der Waals surface area contributed by atoms with Crippen LogP contribution in [0.4, 0.5) is 5.69 Å². The molecule has 4 N–H and O–H groups in total. The quantitative estimate of drug-likeness (QED) is 0.0979.